The zero-order valence-electron chi connectivity index (χ0n) is 13.4. The summed E-state index contributed by atoms with van der Waals surface area (Å²) < 4.78 is 5.14. The first-order chi connectivity index (χ1) is 11.5. The number of rotatable bonds is 3. The van der Waals surface area contributed by atoms with Crippen LogP contribution in [0.5, 0.6) is 0 Å². The van der Waals surface area contributed by atoms with Gasteiger partial charge in [0.2, 0.25) is 5.91 Å². The maximum atomic E-state index is 12.4. The molecule has 1 aliphatic heterocycles. The molecule has 1 aromatic carbocycles. The quantitative estimate of drug-likeness (QED) is 0.921. The van der Waals surface area contributed by atoms with E-state index in [2.05, 4.69) is 5.32 Å². The van der Waals surface area contributed by atoms with Crippen molar-refractivity contribution in [2.75, 3.05) is 18.4 Å². The van der Waals surface area contributed by atoms with Gasteiger partial charge in [-0.25, -0.2) is 0 Å². The molecule has 1 aromatic heterocycles. The van der Waals surface area contributed by atoms with Gasteiger partial charge in [-0.3, -0.25) is 9.59 Å². The Morgan fingerprint density at radius 2 is 2.00 bits per heavy atom. The van der Waals surface area contributed by atoms with Gasteiger partial charge in [-0.05, 0) is 49.6 Å². The average molecular weight is 347 g/mol. The van der Waals surface area contributed by atoms with Crippen molar-refractivity contribution in [2.45, 2.75) is 19.8 Å². The summed E-state index contributed by atoms with van der Waals surface area (Å²) >= 11 is 6.16. The second-order valence-corrected chi connectivity index (χ2v) is 6.42. The summed E-state index contributed by atoms with van der Waals surface area (Å²) in [5.74, 6) is 0.0404. The number of hydrogen-bond donors (Lipinski definition) is 1. The number of benzene rings is 1. The van der Waals surface area contributed by atoms with Crippen molar-refractivity contribution in [3.63, 3.8) is 0 Å². The summed E-state index contributed by atoms with van der Waals surface area (Å²) in [5, 5.41) is 3.42. The Kier molecular flexibility index (Phi) is 4.90. The zero-order chi connectivity index (χ0) is 17.1. The Labute approximate surface area is 145 Å². The molecule has 5 nitrogen and oxygen atoms in total. The number of likely N-dealkylation sites (tertiary alicyclic amines) is 1. The van der Waals surface area contributed by atoms with Crippen LogP contribution in [0.4, 0.5) is 5.69 Å². The molecular weight excluding hydrogens is 328 g/mol. The molecule has 6 heteroatoms. The number of piperidine rings is 1. The lowest BCUT2D eigenvalue weighted by Crippen LogP contribution is -2.41. The Bertz CT molecular complexity index is 735. The molecule has 0 saturated carbocycles. The molecule has 1 N–H and O–H groups in total. The van der Waals surface area contributed by atoms with Gasteiger partial charge in [-0.15, -0.1) is 0 Å². The van der Waals surface area contributed by atoms with E-state index >= 15 is 0 Å². The Morgan fingerprint density at radius 3 is 2.62 bits per heavy atom. The molecular formula is C18H19ClN2O3. The van der Waals surface area contributed by atoms with Crippen LogP contribution >= 0.6 is 11.6 Å². The van der Waals surface area contributed by atoms with Crippen LogP contribution in [0.15, 0.2) is 41.0 Å². The predicted molar refractivity (Wildman–Crippen MR) is 92.2 cm³/mol. The first-order valence-electron chi connectivity index (χ1n) is 7.94. The highest BCUT2D eigenvalue weighted by Crippen LogP contribution is 2.25. The fraction of sp³-hybridized carbons (Fsp3) is 0.333. The lowest BCUT2D eigenvalue weighted by Gasteiger charge is -2.30. The smallest absolute Gasteiger partial charge is 0.289 e. The number of amides is 2. The van der Waals surface area contributed by atoms with E-state index in [0.29, 0.717) is 42.4 Å². The molecule has 2 aromatic rings. The minimum atomic E-state index is -0.125. The van der Waals surface area contributed by atoms with E-state index < -0.39 is 0 Å². The molecule has 1 aliphatic rings. The van der Waals surface area contributed by atoms with Crippen molar-refractivity contribution < 1.29 is 14.0 Å². The van der Waals surface area contributed by atoms with Crippen LogP contribution in [0.2, 0.25) is 5.02 Å². The molecule has 126 valence electrons. The van der Waals surface area contributed by atoms with Crippen LogP contribution in [-0.4, -0.2) is 29.8 Å². The van der Waals surface area contributed by atoms with Gasteiger partial charge in [-0.1, -0.05) is 17.7 Å². The minimum Gasteiger partial charge on any atom is -0.459 e. The van der Waals surface area contributed by atoms with Crippen molar-refractivity contribution in [1.29, 1.82) is 0 Å². The fourth-order valence-corrected chi connectivity index (χ4v) is 3.14. The van der Waals surface area contributed by atoms with Gasteiger partial charge in [0.05, 0.1) is 17.0 Å². The summed E-state index contributed by atoms with van der Waals surface area (Å²) in [5.41, 5.74) is 1.67. The number of hydrogen-bond acceptors (Lipinski definition) is 3. The Morgan fingerprint density at radius 1 is 1.25 bits per heavy atom. The predicted octanol–water partition coefficient (Wildman–Crippen LogP) is 3.73. The van der Waals surface area contributed by atoms with Gasteiger partial charge in [0.1, 0.15) is 0 Å². The highest BCUT2D eigenvalue weighted by molar-refractivity contribution is 6.33. The molecule has 1 saturated heterocycles. The van der Waals surface area contributed by atoms with Crippen molar-refractivity contribution in [1.82, 2.24) is 4.90 Å². The van der Waals surface area contributed by atoms with Gasteiger partial charge in [0.15, 0.2) is 5.76 Å². The first kappa shape index (κ1) is 16.6. The number of carbonyl (C=O) groups is 2. The average Bonchev–Trinajstić information content (AvgIpc) is 3.11. The van der Waals surface area contributed by atoms with Crippen molar-refractivity contribution in [2.24, 2.45) is 5.92 Å². The maximum absolute atomic E-state index is 12.4. The van der Waals surface area contributed by atoms with Gasteiger partial charge in [-0.2, -0.15) is 0 Å². The van der Waals surface area contributed by atoms with E-state index in [9.17, 15) is 9.59 Å². The monoisotopic (exact) mass is 346 g/mol. The second-order valence-electron chi connectivity index (χ2n) is 6.02. The minimum absolute atomic E-state index is 0.0501. The van der Waals surface area contributed by atoms with E-state index in [-0.39, 0.29) is 17.7 Å². The summed E-state index contributed by atoms with van der Waals surface area (Å²) in [7, 11) is 0. The van der Waals surface area contributed by atoms with E-state index in [1.165, 1.54) is 6.26 Å². The van der Waals surface area contributed by atoms with Crippen LogP contribution in [0.1, 0.15) is 29.0 Å². The molecule has 0 bridgehead atoms. The summed E-state index contributed by atoms with van der Waals surface area (Å²) in [6, 6.07) is 8.89. The third-order valence-electron chi connectivity index (χ3n) is 4.27. The number of anilines is 1. The SMILES string of the molecule is Cc1ccc(NC(=O)C2CCN(C(=O)c3ccco3)CC2)c(Cl)c1. The van der Waals surface area contributed by atoms with Gasteiger partial charge in [0, 0.05) is 19.0 Å². The zero-order valence-corrected chi connectivity index (χ0v) is 14.2. The first-order valence-corrected chi connectivity index (χ1v) is 8.32. The number of carbonyl (C=O) groups excluding carboxylic acids is 2. The van der Waals surface area contributed by atoms with Gasteiger partial charge in [0.25, 0.3) is 5.91 Å². The van der Waals surface area contributed by atoms with Crippen molar-refractivity contribution in [3.8, 4) is 0 Å². The summed E-state index contributed by atoms with van der Waals surface area (Å²) in [4.78, 5) is 26.4. The van der Waals surface area contributed by atoms with Crippen LogP contribution in [-0.2, 0) is 4.79 Å². The van der Waals surface area contributed by atoms with Crippen LogP contribution in [0.25, 0.3) is 0 Å². The number of nitrogens with one attached hydrogen (secondary N) is 1. The molecule has 1 fully saturated rings. The lowest BCUT2D eigenvalue weighted by atomic mass is 9.95. The highest BCUT2D eigenvalue weighted by Gasteiger charge is 2.29. The molecule has 0 aliphatic carbocycles. The maximum Gasteiger partial charge on any atom is 0.289 e. The van der Waals surface area contributed by atoms with Gasteiger partial charge >= 0.3 is 0 Å². The molecule has 24 heavy (non-hydrogen) atoms. The van der Waals surface area contributed by atoms with E-state index in [1.54, 1.807) is 17.0 Å². The standard InChI is InChI=1S/C18H19ClN2O3/c1-12-4-5-15(14(19)11-12)20-17(22)13-6-8-21(9-7-13)18(23)16-3-2-10-24-16/h2-5,10-11,13H,6-9H2,1H3,(H,20,22). The second kappa shape index (κ2) is 7.09. The normalized spacial score (nSPS) is 15.3. The highest BCUT2D eigenvalue weighted by atomic mass is 35.5. The van der Waals surface area contributed by atoms with Gasteiger partial charge < -0.3 is 14.6 Å². The number of furan rings is 1. The Hall–Kier alpha value is -2.27. The molecule has 0 atom stereocenters. The van der Waals surface area contributed by atoms with Crippen molar-refractivity contribution >= 4 is 29.1 Å². The van der Waals surface area contributed by atoms with E-state index in [4.69, 9.17) is 16.0 Å². The number of aryl methyl sites for hydroxylation is 1. The van der Waals surface area contributed by atoms with Crippen molar-refractivity contribution in [3.05, 3.63) is 52.9 Å². The lowest BCUT2D eigenvalue weighted by molar-refractivity contribution is -0.121. The molecule has 3 rings (SSSR count). The largest absolute Gasteiger partial charge is 0.459 e. The third kappa shape index (κ3) is 3.62. The molecule has 2 heterocycles. The summed E-state index contributed by atoms with van der Waals surface area (Å²) in [6.07, 6.45) is 2.74. The third-order valence-corrected chi connectivity index (χ3v) is 4.58. The van der Waals surface area contributed by atoms with Crippen LogP contribution in [0, 0.1) is 12.8 Å². The van der Waals surface area contributed by atoms with Crippen LogP contribution in [0.3, 0.4) is 0 Å². The number of nitrogens with zero attached hydrogens (tertiary/aromatic N) is 1. The van der Waals surface area contributed by atoms with E-state index in [0.717, 1.165) is 5.56 Å². The topological polar surface area (TPSA) is 62.6 Å². The van der Waals surface area contributed by atoms with E-state index in [1.807, 2.05) is 25.1 Å². The number of halogens is 1. The Balaban J connectivity index is 1.56. The van der Waals surface area contributed by atoms with Crippen LogP contribution < -0.4 is 5.32 Å². The molecule has 0 spiro atoms. The molecule has 0 radical (unpaired) electrons. The summed E-state index contributed by atoms with van der Waals surface area (Å²) in [6.45, 7) is 3.03. The molecule has 0 unspecified atom stereocenters. The molecule has 2 amide bonds. The fourth-order valence-electron chi connectivity index (χ4n) is 2.86.